The van der Waals surface area contributed by atoms with E-state index in [-0.39, 0.29) is 4.47 Å². The van der Waals surface area contributed by atoms with Crippen LogP contribution in [-0.2, 0) is 33.8 Å². The summed E-state index contributed by atoms with van der Waals surface area (Å²) in [5, 5.41) is 10.2. The maximum absolute atomic E-state index is 15.7. The minimum Gasteiger partial charge on any atom is -0.438 e. The van der Waals surface area contributed by atoms with E-state index >= 15 is 8.78 Å². The Kier molecular flexibility index (Phi) is 9.34. The highest BCUT2D eigenvalue weighted by molar-refractivity contribution is 9.10. The van der Waals surface area contributed by atoms with Gasteiger partial charge in [-0.1, -0.05) is 22.0 Å². The molecule has 0 aliphatic heterocycles. The Morgan fingerprint density at radius 1 is 0.914 bits per heavy atom. The molecule has 2 rings (SSSR count). The van der Waals surface area contributed by atoms with Gasteiger partial charge in [-0.15, -0.1) is 0 Å². The topological polar surface area (TPSA) is 94.8 Å². The summed E-state index contributed by atoms with van der Waals surface area (Å²) in [5.41, 5.74) is -5.59. The minimum absolute atomic E-state index is 0.0813. The van der Waals surface area contributed by atoms with E-state index in [1.807, 2.05) is 6.07 Å². The molecule has 0 fully saturated rings. The summed E-state index contributed by atoms with van der Waals surface area (Å²) in [5.74, 6) is -1.29. The molecule has 0 radical (unpaired) electrons. The van der Waals surface area contributed by atoms with E-state index in [4.69, 9.17) is 23.8 Å². The fourth-order valence-corrected chi connectivity index (χ4v) is 4.40. The molecular weight excluding hydrogens is 547 g/mol. The van der Waals surface area contributed by atoms with E-state index in [1.165, 1.54) is 18.2 Å². The zero-order chi connectivity index (χ0) is 26.6. The monoisotopic (exact) mass is 573 g/mol. The molecular formula is C24H27BrF2NO6P. The molecule has 2 aromatic rings. The predicted octanol–water partition coefficient (Wildman–Crippen LogP) is 6.96. The molecule has 0 bridgehead atoms. The number of nitrogens with zero attached hydrogens (tertiary/aromatic N) is 1. The van der Waals surface area contributed by atoms with Crippen LogP contribution in [0.15, 0.2) is 34.8 Å². The Bertz CT molecular complexity index is 1110. The zero-order valence-corrected chi connectivity index (χ0v) is 22.8. The summed E-state index contributed by atoms with van der Waals surface area (Å²) in [6.45, 7) is 8.08. The number of carbonyl (C=O) groups is 2. The third kappa shape index (κ3) is 7.65. The predicted molar refractivity (Wildman–Crippen MR) is 130 cm³/mol. The molecule has 7 nitrogen and oxygen atoms in total. The van der Waals surface area contributed by atoms with Gasteiger partial charge in [0.15, 0.2) is 13.6 Å². The summed E-state index contributed by atoms with van der Waals surface area (Å²) in [7, 11) is -3.08. The molecule has 0 spiro atoms. The van der Waals surface area contributed by atoms with Crippen molar-refractivity contribution in [1.82, 2.24) is 0 Å². The number of esters is 2. The van der Waals surface area contributed by atoms with Crippen LogP contribution in [0.1, 0.15) is 52.7 Å². The summed E-state index contributed by atoms with van der Waals surface area (Å²) in [6.07, 6.45) is 0. The molecule has 0 saturated heterocycles. The lowest BCUT2D eigenvalue weighted by molar-refractivity contribution is -0.162. The molecule has 0 amide bonds. The number of hydrogen-bond donors (Lipinski definition) is 0. The van der Waals surface area contributed by atoms with Crippen molar-refractivity contribution in [3.8, 4) is 6.07 Å². The number of halogens is 3. The first kappa shape index (κ1) is 29.1. The lowest BCUT2D eigenvalue weighted by atomic mass is 9.98. The van der Waals surface area contributed by atoms with Crippen LogP contribution in [0.4, 0.5) is 8.78 Å². The van der Waals surface area contributed by atoms with Gasteiger partial charge in [0.05, 0.1) is 22.5 Å². The van der Waals surface area contributed by atoms with E-state index in [9.17, 15) is 9.59 Å². The average Bonchev–Trinajstić information content (AvgIpc) is 2.75. The maximum Gasteiger partial charge on any atom is 0.341 e. The largest absolute Gasteiger partial charge is 0.438 e. The van der Waals surface area contributed by atoms with Gasteiger partial charge < -0.3 is 9.47 Å². The van der Waals surface area contributed by atoms with Crippen LogP contribution in [0.5, 0.6) is 0 Å². The highest BCUT2D eigenvalue weighted by atomic mass is 79.9. The molecule has 0 aliphatic rings. The fourth-order valence-electron chi connectivity index (χ4n) is 2.56. The molecule has 0 atom stereocenters. The highest BCUT2D eigenvalue weighted by Gasteiger charge is 2.47. The van der Waals surface area contributed by atoms with Gasteiger partial charge in [-0.3, -0.25) is 18.6 Å². The van der Waals surface area contributed by atoms with Gasteiger partial charge in [0.1, 0.15) is 0 Å². The molecule has 0 saturated carbocycles. The quantitative estimate of drug-likeness (QED) is 0.191. The van der Waals surface area contributed by atoms with Gasteiger partial charge in [-0.05, 0) is 76.6 Å². The van der Waals surface area contributed by atoms with Crippen LogP contribution >= 0.6 is 24.3 Å². The third-order valence-corrected chi connectivity index (χ3v) is 6.59. The minimum atomic E-state index is -3.71. The number of ether oxygens (including phenoxy) is 2. The van der Waals surface area contributed by atoms with Crippen molar-refractivity contribution >= 4 is 47.0 Å². The summed E-state index contributed by atoms with van der Waals surface area (Å²) in [4.78, 5) is 24.0. The number of carbonyl (C=O) groups excluding carboxylic acids is 2. The second-order valence-electron chi connectivity index (χ2n) is 9.66. The molecule has 0 unspecified atom stereocenters. The maximum atomic E-state index is 15.7. The van der Waals surface area contributed by atoms with Crippen LogP contribution in [0.2, 0.25) is 0 Å². The first-order chi connectivity index (χ1) is 16.1. The van der Waals surface area contributed by atoms with Gasteiger partial charge in [0, 0.05) is 10.0 Å². The van der Waals surface area contributed by atoms with Crippen LogP contribution in [0, 0.1) is 22.2 Å². The Balaban J connectivity index is 2.34. The van der Waals surface area contributed by atoms with E-state index in [1.54, 1.807) is 53.7 Å². The fraction of sp³-hybridized carbons (Fsp3) is 0.458. The van der Waals surface area contributed by atoms with Gasteiger partial charge in [-0.2, -0.15) is 14.0 Å². The van der Waals surface area contributed by atoms with Crippen LogP contribution in [0.3, 0.4) is 0 Å². The van der Waals surface area contributed by atoms with Crippen molar-refractivity contribution < 1.29 is 36.9 Å². The van der Waals surface area contributed by atoms with Crippen molar-refractivity contribution in [2.75, 3.05) is 13.6 Å². The number of nitriles is 1. The molecule has 35 heavy (non-hydrogen) atoms. The normalized spacial score (nSPS) is 12.5. The SMILES string of the molecule is CC(C)(C)C(=O)OCOP(OCOC(=O)C(C)(C)C)C(F)(F)c1cc2cc(C#N)ccc2cc1Br. The number of fused-ring (bicyclic) bond motifs is 1. The standard InChI is InChI=1S/C24H27BrF2NO6P/c1-22(2,3)20(29)31-13-33-35(34-14-32-21(30)23(4,5)6)24(26,27)18-10-17-9-15(12-28)7-8-16(17)11-19(18)25/h7-11H,13-14H2,1-6H3. The summed E-state index contributed by atoms with van der Waals surface area (Å²) < 4.78 is 51.8. The van der Waals surface area contributed by atoms with E-state index in [0.29, 0.717) is 16.3 Å². The highest BCUT2D eigenvalue weighted by Crippen LogP contribution is 2.61. The van der Waals surface area contributed by atoms with Crippen molar-refractivity contribution in [3.05, 3.63) is 45.9 Å². The molecule has 0 aliphatic carbocycles. The van der Waals surface area contributed by atoms with E-state index in [0.717, 1.165) is 0 Å². The van der Waals surface area contributed by atoms with Gasteiger partial charge in [0.25, 0.3) is 8.38 Å². The smallest absolute Gasteiger partial charge is 0.341 e. The number of benzene rings is 2. The van der Waals surface area contributed by atoms with Gasteiger partial charge >= 0.3 is 17.6 Å². The average molecular weight is 574 g/mol. The number of alkyl halides is 2. The molecule has 11 heteroatoms. The Morgan fingerprint density at radius 2 is 1.43 bits per heavy atom. The Hall–Kier alpha value is -2.18. The van der Waals surface area contributed by atoms with Gasteiger partial charge in [0.2, 0.25) is 0 Å². The third-order valence-electron chi connectivity index (χ3n) is 4.55. The lowest BCUT2D eigenvalue weighted by Crippen LogP contribution is -2.26. The summed E-state index contributed by atoms with van der Waals surface area (Å²) in [6, 6.07) is 9.41. The van der Waals surface area contributed by atoms with Crippen LogP contribution in [0.25, 0.3) is 10.8 Å². The Morgan fingerprint density at radius 3 is 1.89 bits per heavy atom. The Labute approximate surface area is 212 Å². The molecule has 0 aromatic heterocycles. The second-order valence-corrected chi connectivity index (χ2v) is 12.1. The summed E-state index contributed by atoms with van der Waals surface area (Å²) >= 11 is 3.18. The van der Waals surface area contributed by atoms with Crippen LogP contribution in [-0.4, -0.2) is 25.5 Å². The van der Waals surface area contributed by atoms with Crippen molar-refractivity contribution in [2.45, 2.75) is 47.2 Å². The van der Waals surface area contributed by atoms with Crippen LogP contribution < -0.4 is 0 Å². The first-order valence-corrected chi connectivity index (χ1v) is 12.5. The molecule has 0 N–H and O–H groups in total. The molecule has 2 aromatic carbocycles. The zero-order valence-electron chi connectivity index (χ0n) is 20.3. The van der Waals surface area contributed by atoms with Crippen molar-refractivity contribution in [2.24, 2.45) is 10.8 Å². The lowest BCUT2D eigenvalue weighted by Gasteiger charge is -2.27. The first-order valence-electron chi connectivity index (χ1n) is 10.5. The number of hydrogen-bond acceptors (Lipinski definition) is 7. The molecule has 190 valence electrons. The number of rotatable bonds is 8. The second kappa shape index (κ2) is 11.3. The van der Waals surface area contributed by atoms with Gasteiger partial charge in [-0.25, -0.2) is 0 Å². The van der Waals surface area contributed by atoms with Crippen molar-refractivity contribution in [1.29, 1.82) is 5.26 Å². The molecule has 0 heterocycles. The van der Waals surface area contributed by atoms with E-state index in [2.05, 4.69) is 15.9 Å². The van der Waals surface area contributed by atoms with E-state index < -0.39 is 56.0 Å². The van der Waals surface area contributed by atoms with Crippen molar-refractivity contribution in [3.63, 3.8) is 0 Å².